The number of amides is 1. The van der Waals surface area contributed by atoms with E-state index in [4.69, 9.17) is 11.6 Å². The van der Waals surface area contributed by atoms with Gasteiger partial charge in [-0.1, -0.05) is 43.0 Å². The van der Waals surface area contributed by atoms with Crippen LogP contribution in [0.4, 0.5) is 8.78 Å². The standard InChI is InChI=1S/C27H29ClF2N4O/c28-19-9-12-31-24(16-19)27(30)10-13-34(14-11-27)17-18-15-23(26(35)32-20-5-2-1-3-6-20)33-25-21(18)7-4-8-22(25)29/h4,7-9,12,15-16,20H,1-3,5-6,10-11,13-14,17H2,(H,32,35). The number of alkyl halides is 1. The molecular weight excluding hydrogens is 470 g/mol. The van der Waals surface area contributed by atoms with Crippen LogP contribution in [0.2, 0.25) is 5.02 Å². The molecule has 2 aromatic heterocycles. The second-order valence-electron chi connectivity index (χ2n) is 9.71. The van der Waals surface area contributed by atoms with Crippen LogP contribution in [0.25, 0.3) is 10.9 Å². The third-order valence-corrected chi connectivity index (χ3v) is 7.51. The second kappa shape index (κ2) is 10.2. The number of pyridine rings is 2. The van der Waals surface area contributed by atoms with Gasteiger partial charge in [0.1, 0.15) is 17.0 Å². The van der Waals surface area contributed by atoms with E-state index in [1.807, 2.05) is 6.07 Å². The molecule has 1 saturated heterocycles. The minimum absolute atomic E-state index is 0.137. The fourth-order valence-corrected chi connectivity index (χ4v) is 5.41. The van der Waals surface area contributed by atoms with Crippen LogP contribution in [0.15, 0.2) is 42.6 Å². The average molecular weight is 499 g/mol. The molecule has 0 radical (unpaired) electrons. The van der Waals surface area contributed by atoms with Crippen molar-refractivity contribution < 1.29 is 13.6 Å². The van der Waals surface area contributed by atoms with Crippen LogP contribution in [0.3, 0.4) is 0 Å². The van der Waals surface area contributed by atoms with E-state index in [1.54, 1.807) is 24.3 Å². The molecule has 2 aliphatic rings. The normalized spacial score (nSPS) is 19.1. The molecule has 8 heteroatoms. The third kappa shape index (κ3) is 5.31. The van der Waals surface area contributed by atoms with Gasteiger partial charge in [0.05, 0.1) is 5.69 Å². The van der Waals surface area contributed by atoms with Crippen molar-refractivity contribution in [3.8, 4) is 0 Å². The van der Waals surface area contributed by atoms with E-state index in [0.29, 0.717) is 35.7 Å². The Morgan fingerprint density at radius 2 is 1.91 bits per heavy atom. The number of nitrogens with zero attached hydrogens (tertiary/aromatic N) is 3. The number of carbonyl (C=O) groups excluding carboxylic acids is 1. The Labute approximate surface area is 208 Å². The summed E-state index contributed by atoms with van der Waals surface area (Å²) < 4.78 is 30.3. The van der Waals surface area contributed by atoms with Crippen LogP contribution in [0, 0.1) is 5.82 Å². The molecule has 0 spiro atoms. The molecular formula is C27H29ClF2N4O. The number of rotatable bonds is 5. The smallest absolute Gasteiger partial charge is 0.270 e. The van der Waals surface area contributed by atoms with Gasteiger partial charge in [0.2, 0.25) is 0 Å². The molecule has 0 bridgehead atoms. The summed E-state index contributed by atoms with van der Waals surface area (Å²) in [5.74, 6) is -0.721. The highest BCUT2D eigenvalue weighted by molar-refractivity contribution is 6.30. The van der Waals surface area contributed by atoms with Gasteiger partial charge < -0.3 is 5.32 Å². The number of benzene rings is 1. The Kier molecular flexibility index (Phi) is 6.98. The van der Waals surface area contributed by atoms with Crippen LogP contribution >= 0.6 is 11.6 Å². The number of para-hydroxylation sites is 1. The van der Waals surface area contributed by atoms with Crippen molar-refractivity contribution in [2.75, 3.05) is 13.1 Å². The van der Waals surface area contributed by atoms with Crippen molar-refractivity contribution >= 4 is 28.4 Å². The SMILES string of the molecule is O=C(NC1CCCCC1)c1cc(CN2CCC(F)(c3cc(Cl)ccn3)CC2)c2cccc(F)c2n1. The molecule has 1 amide bonds. The summed E-state index contributed by atoms with van der Waals surface area (Å²) in [4.78, 5) is 23.7. The minimum atomic E-state index is -1.53. The first-order chi connectivity index (χ1) is 16.9. The largest absolute Gasteiger partial charge is 0.348 e. The van der Waals surface area contributed by atoms with Gasteiger partial charge in [-0.2, -0.15) is 0 Å². The molecule has 1 N–H and O–H groups in total. The maximum Gasteiger partial charge on any atom is 0.270 e. The van der Waals surface area contributed by atoms with Crippen molar-refractivity contribution in [3.63, 3.8) is 0 Å². The molecule has 2 fully saturated rings. The second-order valence-corrected chi connectivity index (χ2v) is 10.1. The summed E-state index contributed by atoms with van der Waals surface area (Å²) >= 11 is 6.05. The average Bonchev–Trinajstić information content (AvgIpc) is 2.86. The van der Waals surface area contributed by atoms with Gasteiger partial charge in [-0.05, 0) is 55.5 Å². The summed E-state index contributed by atoms with van der Waals surface area (Å²) in [6.45, 7) is 1.49. The van der Waals surface area contributed by atoms with Crippen molar-refractivity contribution in [1.82, 2.24) is 20.2 Å². The molecule has 35 heavy (non-hydrogen) atoms. The fraction of sp³-hybridized carbons (Fsp3) is 0.444. The van der Waals surface area contributed by atoms with E-state index in [0.717, 1.165) is 31.2 Å². The maximum absolute atomic E-state index is 15.6. The molecule has 0 unspecified atom stereocenters. The number of likely N-dealkylation sites (tertiary alicyclic amines) is 1. The van der Waals surface area contributed by atoms with Gasteiger partial charge in [0.25, 0.3) is 5.91 Å². The van der Waals surface area contributed by atoms with E-state index in [2.05, 4.69) is 20.2 Å². The Morgan fingerprint density at radius 1 is 1.14 bits per heavy atom. The summed E-state index contributed by atoms with van der Waals surface area (Å²) in [6.07, 6.45) is 7.42. The number of carbonyl (C=O) groups is 1. The first kappa shape index (κ1) is 24.1. The quantitative estimate of drug-likeness (QED) is 0.472. The van der Waals surface area contributed by atoms with Crippen molar-refractivity contribution in [2.24, 2.45) is 0 Å². The topological polar surface area (TPSA) is 58.1 Å². The predicted molar refractivity (Wildman–Crippen MR) is 133 cm³/mol. The van der Waals surface area contributed by atoms with Crippen molar-refractivity contribution in [2.45, 2.75) is 63.2 Å². The minimum Gasteiger partial charge on any atom is -0.348 e. The van der Waals surface area contributed by atoms with E-state index < -0.39 is 11.5 Å². The molecule has 1 aliphatic carbocycles. The van der Waals surface area contributed by atoms with Gasteiger partial charge >= 0.3 is 0 Å². The molecule has 5 rings (SSSR count). The predicted octanol–water partition coefficient (Wildman–Crippen LogP) is 5.95. The highest BCUT2D eigenvalue weighted by atomic mass is 35.5. The van der Waals surface area contributed by atoms with Crippen LogP contribution in [-0.2, 0) is 12.2 Å². The number of aromatic nitrogens is 2. The molecule has 3 aromatic rings. The van der Waals surface area contributed by atoms with Crippen LogP contribution in [0.1, 0.15) is 66.7 Å². The number of hydrogen-bond donors (Lipinski definition) is 1. The first-order valence-electron chi connectivity index (χ1n) is 12.3. The first-order valence-corrected chi connectivity index (χ1v) is 12.7. The zero-order valence-corrected chi connectivity index (χ0v) is 20.3. The van der Waals surface area contributed by atoms with E-state index in [9.17, 15) is 9.18 Å². The van der Waals surface area contributed by atoms with Crippen LogP contribution in [-0.4, -0.2) is 39.9 Å². The Balaban J connectivity index is 1.36. The van der Waals surface area contributed by atoms with Gasteiger partial charge in [0, 0.05) is 42.3 Å². The van der Waals surface area contributed by atoms with E-state index >= 15 is 4.39 Å². The number of piperidine rings is 1. The van der Waals surface area contributed by atoms with Crippen LogP contribution < -0.4 is 5.32 Å². The number of halogens is 3. The summed E-state index contributed by atoms with van der Waals surface area (Å²) in [6, 6.07) is 9.96. The molecule has 3 heterocycles. The lowest BCUT2D eigenvalue weighted by atomic mass is 9.89. The monoisotopic (exact) mass is 498 g/mol. The summed E-state index contributed by atoms with van der Waals surface area (Å²) in [7, 11) is 0. The lowest BCUT2D eigenvalue weighted by molar-refractivity contribution is 0.0492. The number of hydrogen-bond acceptors (Lipinski definition) is 4. The summed E-state index contributed by atoms with van der Waals surface area (Å²) in [5, 5.41) is 4.22. The molecule has 1 aromatic carbocycles. The highest BCUT2D eigenvalue weighted by Gasteiger charge is 2.37. The fourth-order valence-electron chi connectivity index (χ4n) is 5.25. The molecule has 1 aliphatic heterocycles. The number of nitrogens with one attached hydrogen (secondary N) is 1. The van der Waals surface area contributed by atoms with Gasteiger partial charge in [-0.15, -0.1) is 0 Å². The van der Waals surface area contributed by atoms with Gasteiger partial charge in [-0.25, -0.2) is 13.8 Å². The Morgan fingerprint density at radius 3 is 2.66 bits per heavy atom. The lowest BCUT2D eigenvalue weighted by Gasteiger charge is -2.36. The molecule has 5 nitrogen and oxygen atoms in total. The highest BCUT2D eigenvalue weighted by Crippen LogP contribution is 2.37. The maximum atomic E-state index is 15.6. The van der Waals surface area contributed by atoms with Crippen molar-refractivity contribution in [3.05, 3.63) is 70.4 Å². The molecule has 0 atom stereocenters. The number of fused-ring (bicyclic) bond motifs is 1. The third-order valence-electron chi connectivity index (χ3n) is 7.27. The Bertz CT molecular complexity index is 1220. The lowest BCUT2D eigenvalue weighted by Crippen LogP contribution is -2.40. The van der Waals surface area contributed by atoms with Gasteiger partial charge in [-0.3, -0.25) is 14.7 Å². The molecule has 184 valence electrons. The zero-order valence-electron chi connectivity index (χ0n) is 19.6. The zero-order chi connectivity index (χ0) is 24.4. The van der Waals surface area contributed by atoms with Crippen LogP contribution in [0.5, 0.6) is 0 Å². The molecule has 1 saturated carbocycles. The van der Waals surface area contributed by atoms with E-state index in [1.165, 1.54) is 18.7 Å². The van der Waals surface area contributed by atoms with Gasteiger partial charge in [0.15, 0.2) is 5.67 Å². The Hall–Kier alpha value is -2.64. The summed E-state index contributed by atoms with van der Waals surface area (Å²) in [5.41, 5.74) is 0.0685. The van der Waals surface area contributed by atoms with E-state index in [-0.39, 0.29) is 36.0 Å². The van der Waals surface area contributed by atoms with Crippen molar-refractivity contribution in [1.29, 1.82) is 0 Å².